The number of fused-ring (bicyclic) bond motifs is 1. The Labute approximate surface area is 177 Å². The molecule has 1 aromatic carbocycles. The van der Waals surface area contributed by atoms with Crippen LogP contribution in [0.3, 0.4) is 0 Å². The zero-order valence-corrected chi connectivity index (χ0v) is 17.5. The molecule has 0 spiro atoms. The zero-order valence-electron chi connectivity index (χ0n) is 17.5. The number of rotatable bonds is 8. The first kappa shape index (κ1) is 22.3. The lowest BCUT2D eigenvalue weighted by Gasteiger charge is -2.24. The Morgan fingerprint density at radius 3 is 2.77 bits per heavy atom. The van der Waals surface area contributed by atoms with Crippen LogP contribution >= 0.6 is 0 Å². The van der Waals surface area contributed by atoms with E-state index in [1.165, 1.54) is 5.56 Å². The van der Waals surface area contributed by atoms with Crippen LogP contribution < -0.4 is 10.6 Å². The van der Waals surface area contributed by atoms with Gasteiger partial charge in [0.25, 0.3) is 5.91 Å². The largest absolute Gasteiger partial charge is 0.475 e. The van der Waals surface area contributed by atoms with Gasteiger partial charge in [-0.05, 0) is 42.7 Å². The monoisotopic (exact) mass is 415 g/mol. The lowest BCUT2D eigenvalue weighted by molar-refractivity contribution is -0.131. The molecule has 0 bridgehead atoms. The summed E-state index contributed by atoms with van der Waals surface area (Å²) in [5, 5.41) is 28.4. The van der Waals surface area contributed by atoms with Gasteiger partial charge < -0.3 is 25.5 Å². The van der Waals surface area contributed by atoms with Gasteiger partial charge in [-0.3, -0.25) is 9.59 Å². The molecule has 1 heterocycles. The minimum absolute atomic E-state index is 0.0434. The molecule has 2 unspecified atom stereocenters. The topological polar surface area (TPSA) is 120 Å². The van der Waals surface area contributed by atoms with E-state index in [4.69, 9.17) is 4.84 Å². The van der Waals surface area contributed by atoms with Crippen molar-refractivity contribution in [2.24, 2.45) is 11.1 Å². The molecule has 2 aliphatic rings. The fraction of sp³-hybridized carbons (Fsp3) is 0.571. The van der Waals surface area contributed by atoms with Gasteiger partial charge in [0, 0.05) is 6.42 Å². The Kier molecular flexibility index (Phi) is 7.50. The van der Waals surface area contributed by atoms with Crippen LogP contribution in [0.15, 0.2) is 29.4 Å². The van der Waals surface area contributed by atoms with Crippen molar-refractivity contribution in [1.82, 2.24) is 10.6 Å². The van der Waals surface area contributed by atoms with Gasteiger partial charge in [-0.2, -0.15) is 0 Å². The number of carbonyl (C=O) groups is 2. The predicted molar refractivity (Wildman–Crippen MR) is 114 cm³/mol. The summed E-state index contributed by atoms with van der Waals surface area (Å²) in [5.41, 5.74) is 2.89. The SMILES string of the molecule is CC(C)C[C@H](NC(=O)C1CC(CNC(=O)C2CCCc3ccccc32)=NO1)B(O)O. The first-order valence-corrected chi connectivity index (χ1v) is 10.6. The van der Waals surface area contributed by atoms with Gasteiger partial charge in [0.15, 0.2) is 0 Å². The summed E-state index contributed by atoms with van der Waals surface area (Å²) in [5.74, 6) is -1.23. The molecule has 0 saturated carbocycles. The summed E-state index contributed by atoms with van der Waals surface area (Å²) in [6, 6.07) is 8.04. The van der Waals surface area contributed by atoms with Crippen LogP contribution in [-0.2, 0) is 20.8 Å². The van der Waals surface area contributed by atoms with Crippen LogP contribution in [0.25, 0.3) is 0 Å². The van der Waals surface area contributed by atoms with E-state index in [0.29, 0.717) is 12.1 Å². The normalized spacial score (nSPS) is 21.3. The Balaban J connectivity index is 1.48. The fourth-order valence-corrected chi connectivity index (χ4v) is 4.05. The molecule has 1 aromatic rings. The maximum Gasteiger partial charge on any atom is 0.475 e. The number of amides is 2. The number of benzene rings is 1. The number of aryl methyl sites for hydroxylation is 1. The molecule has 3 atom stereocenters. The molecule has 0 saturated heterocycles. The highest BCUT2D eigenvalue weighted by Crippen LogP contribution is 2.31. The summed E-state index contributed by atoms with van der Waals surface area (Å²) in [7, 11) is -1.64. The highest BCUT2D eigenvalue weighted by Gasteiger charge is 2.33. The van der Waals surface area contributed by atoms with E-state index in [-0.39, 0.29) is 30.7 Å². The standard InChI is InChI=1S/C21H30BN3O5/c1-13(2)10-19(22(28)29)24-21(27)18-11-15(25-30-18)12-23-20(26)17-9-5-7-14-6-3-4-8-16(14)17/h3-4,6,8,13,17-19,28-29H,5,7,9-12H2,1-2H3,(H,23,26)(H,24,27)/t17?,18?,19-/m0/s1. The number of oxime groups is 1. The van der Waals surface area contributed by atoms with Crippen molar-refractivity contribution >= 4 is 24.6 Å². The summed E-state index contributed by atoms with van der Waals surface area (Å²) in [4.78, 5) is 30.3. The molecule has 162 valence electrons. The second kappa shape index (κ2) is 10.1. The van der Waals surface area contributed by atoms with Crippen molar-refractivity contribution < 1.29 is 24.5 Å². The number of hydrogen-bond acceptors (Lipinski definition) is 6. The Morgan fingerprint density at radius 2 is 2.03 bits per heavy atom. The third-order valence-corrected chi connectivity index (χ3v) is 5.59. The molecule has 0 aromatic heterocycles. The highest BCUT2D eigenvalue weighted by molar-refractivity contribution is 6.43. The van der Waals surface area contributed by atoms with Gasteiger partial charge in [-0.25, -0.2) is 0 Å². The molecular weight excluding hydrogens is 385 g/mol. The van der Waals surface area contributed by atoms with Crippen LogP contribution in [0, 0.1) is 5.92 Å². The number of nitrogens with zero attached hydrogens (tertiary/aromatic N) is 1. The molecule has 0 fully saturated rings. The molecule has 4 N–H and O–H groups in total. The fourth-order valence-electron chi connectivity index (χ4n) is 4.05. The molecule has 8 nitrogen and oxygen atoms in total. The number of nitrogens with one attached hydrogen (secondary N) is 2. The smallest absolute Gasteiger partial charge is 0.426 e. The van der Waals surface area contributed by atoms with Crippen LogP contribution in [-0.4, -0.2) is 53.3 Å². The first-order valence-electron chi connectivity index (χ1n) is 10.6. The summed E-state index contributed by atoms with van der Waals surface area (Å²) < 4.78 is 0. The van der Waals surface area contributed by atoms with E-state index < -0.39 is 25.1 Å². The van der Waals surface area contributed by atoms with Gasteiger partial charge >= 0.3 is 7.12 Å². The van der Waals surface area contributed by atoms with Crippen molar-refractivity contribution in [3.05, 3.63) is 35.4 Å². The molecule has 0 radical (unpaired) electrons. The number of hydrogen-bond donors (Lipinski definition) is 4. The van der Waals surface area contributed by atoms with Gasteiger partial charge in [0.2, 0.25) is 12.0 Å². The van der Waals surface area contributed by atoms with E-state index in [2.05, 4.69) is 21.9 Å². The Morgan fingerprint density at radius 1 is 1.27 bits per heavy atom. The maximum atomic E-state index is 12.7. The van der Waals surface area contributed by atoms with Gasteiger partial charge in [-0.1, -0.05) is 43.3 Å². The van der Waals surface area contributed by atoms with Crippen molar-refractivity contribution in [1.29, 1.82) is 0 Å². The van der Waals surface area contributed by atoms with E-state index in [0.717, 1.165) is 24.8 Å². The number of carbonyl (C=O) groups excluding carboxylic acids is 2. The molecule has 3 rings (SSSR count). The molecule has 30 heavy (non-hydrogen) atoms. The third kappa shape index (κ3) is 5.61. The quantitative estimate of drug-likeness (QED) is 0.471. The van der Waals surface area contributed by atoms with Crippen molar-refractivity contribution in [3.63, 3.8) is 0 Å². The lowest BCUT2D eigenvalue weighted by atomic mass is 9.75. The Hall–Kier alpha value is -2.39. The zero-order chi connectivity index (χ0) is 21.7. The minimum Gasteiger partial charge on any atom is -0.426 e. The minimum atomic E-state index is -1.64. The van der Waals surface area contributed by atoms with E-state index in [1.807, 2.05) is 32.0 Å². The van der Waals surface area contributed by atoms with Crippen molar-refractivity contribution in [2.75, 3.05) is 6.54 Å². The third-order valence-electron chi connectivity index (χ3n) is 5.59. The van der Waals surface area contributed by atoms with Crippen molar-refractivity contribution in [2.45, 2.75) is 63.9 Å². The first-order chi connectivity index (χ1) is 14.3. The second-order valence-electron chi connectivity index (χ2n) is 8.48. The summed E-state index contributed by atoms with van der Waals surface area (Å²) >= 11 is 0. The van der Waals surface area contributed by atoms with Crippen molar-refractivity contribution in [3.8, 4) is 0 Å². The molecule has 9 heteroatoms. The van der Waals surface area contributed by atoms with Crippen LogP contribution in [0.2, 0.25) is 0 Å². The maximum absolute atomic E-state index is 12.7. The molecule has 1 aliphatic heterocycles. The van der Waals surface area contributed by atoms with E-state index >= 15 is 0 Å². The van der Waals surface area contributed by atoms with E-state index in [1.54, 1.807) is 0 Å². The highest BCUT2D eigenvalue weighted by atomic mass is 16.6. The van der Waals surface area contributed by atoms with Gasteiger partial charge in [0.1, 0.15) is 0 Å². The predicted octanol–water partition coefficient (Wildman–Crippen LogP) is 0.910. The average Bonchev–Trinajstić information content (AvgIpc) is 3.20. The van der Waals surface area contributed by atoms with E-state index in [9.17, 15) is 19.6 Å². The summed E-state index contributed by atoms with van der Waals surface area (Å²) in [6.45, 7) is 4.09. The summed E-state index contributed by atoms with van der Waals surface area (Å²) in [6.07, 6.45) is 2.65. The molecular formula is C21H30BN3O5. The lowest BCUT2D eigenvalue weighted by Crippen LogP contribution is -2.50. The Bertz CT molecular complexity index is 799. The van der Waals surface area contributed by atoms with Gasteiger partial charge in [0.05, 0.1) is 24.1 Å². The van der Waals surface area contributed by atoms with Crippen LogP contribution in [0.4, 0.5) is 0 Å². The van der Waals surface area contributed by atoms with Crippen LogP contribution in [0.1, 0.15) is 56.6 Å². The second-order valence-corrected chi connectivity index (χ2v) is 8.48. The average molecular weight is 415 g/mol. The van der Waals surface area contributed by atoms with Gasteiger partial charge in [-0.15, -0.1) is 0 Å². The molecule has 2 amide bonds. The van der Waals surface area contributed by atoms with Crippen LogP contribution in [0.5, 0.6) is 0 Å². The molecule has 1 aliphatic carbocycles.